The molecule has 136 valence electrons. The van der Waals surface area contributed by atoms with Gasteiger partial charge in [-0.15, -0.1) is 0 Å². The maximum Gasteiger partial charge on any atom is 0.118 e. The van der Waals surface area contributed by atoms with Gasteiger partial charge >= 0.3 is 0 Å². The zero-order valence-electron chi connectivity index (χ0n) is 15.2. The molecule has 4 rings (SSSR count). The fourth-order valence-electron chi connectivity index (χ4n) is 3.54. The second-order valence-electron chi connectivity index (χ2n) is 6.45. The quantitative estimate of drug-likeness (QED) is 0.468. The highest BCUT2D eigenvalue weighted by atomic mass is 79.9. The molecule has 2 nitrogen and oxygen atoms in total. The Morgan fingerprint density at radius 2 is 1.11 bits per heavy atom. The summed E-state index contributed by atoms with van der Waals surface area (Å²) in [6.45, 7) is 2.11. The third-order valence-corrected chi connectivity index (χ3v) is 9.23. The zero-order chi connectivity index (χ0) is 17.8. The summed E-state index contributed by atoms with van der Waals surface area (Å²) < 4.78 is 0. The summed E-state index contributed by atoms with van der Waals surface area (Å²) >= 11 is 0. The van der Waals surface area contributed by atoms with Crippen molar-refractivity contribution in [1.29, 1.82) is 0 Å². The topological polar surface area (TPSA) is 28.7 Å². The Morgan fingerprint density at radius 1 is 0.704 bits per heavy atom. The molecule has 3 aromatic carbocycles. The van der Waals surface area contributed by atoms with E-state index in [9.17, 15) is 0 Å². The van der Waals surface area contributed by atoms with Crippen LogP contribution >= 0.6 is 7.26 Å². The molecule has 0 saturated carbocycles. The molecule has 0 unspecified atom stereocenters. The number of benzene rings is 3. The van der Waals surface area contributed by atoms with Gasteiger partial charge in [0.1, 0.15) is 29.3 Å². The molecule has 4 heteroatoms. The van der Waals surface area contributed by atoms with Crippen LogP contribution in [-0.2, 0) is 6.16 Å². The van der Waals surface area contributed by atoms with E-state index < -0.39 is 7.26 Å². The molecule has 0 spiro atoms. The number of hydrogen-bond donors (Lipinski definition) is 1. The van der Waals surface area contributed by atoms with E-state index in [0.29, 0.717) is 0 Å². The Balaban J connectivity index is 0.00000210. The van der Waals surface area contributed by atoms with Crippen molar-refractivity contribution in [2.45, 2.75) is 13.1 Å². The number of rotatable bonds is 5. The van der Waals surface area contributed by atoms with Crippen molar-refractivity contribution in [1.82, 2.24) is 9.97 Å². The van der Waals surface area contributed by atoms with Crippen LogP contribution in [0.3, 0.4) is 0 Å². The van der Waals surface area contributed by atoms with Gasteiger partial charge in [-0.1, -0.05) is 54.6 Å². The first kappa shape index (κ1) is 19.5. The molecule has 0 saturated heterocycles. The van der Waals surface area contributed by atoms with E-state index in [1.807, 2.05) is 0 Å². The Hall–Kier alpha value is -2.22. The van der Waals surface area contributed by atoms with Crippen LogP contribution in [0.25, 0.3) is 0 Å². The zero-order valence-corrected chi connectivity index (χ0v) is 17.7. The van der Waals surface area contributed by atoms with Crippen molar-refractivity contribution in [2.24, 2.45) is 0 Å². The monoisotopic (exact) mass is 436 g/mol. The van der Waals surface area contributed by atoms with Crippen LogP contribution < -0.4 is 32.9 Å². The van der Waals surface area contributed by atoms with Gasteiger partial charge < -0.3 is 22.0 Å². The van der Waals surface area contributed by atoms with Crippen molar-refractivity contribution in [3.63, 3.8) is 0 Å². The molecule has 27 heavy (non-hydrogen) atoms. The van der Waals surface area contributed by atoms with Crippen molar-refractivity contribution >= 4 is 23.2 Å². The van der Waals surface area contributed by atoms with E-state index in [1.165, 1.54) is 15.9 Å². The van der Waals surface area contributed by atoms with Crippen LogP contribution in [-0.4, -0.2) is 9.97 Å². The Morgan fingerprint density at radius 3 is 1.44 bits per heavy atom. The van der Waals surface area contributed by atoms with E-state index in [2.05, 4.69) is 108 Å². The highest BCUT2D eigenvalue weighted by Gasteiger charge is 2.46. The number of hydrogen-bond acceptors (Lipinski definition) is 1. The van der Waals surface area contributed by atoms with E-state index in [1.54, 1.807) is 6.33 Å². The summed E-state index contributed by atoms with van der Waals surface area (Å²) in [6.07, 6.45) is 2.72. The third-order valence-electron chi connectivity index (χ3n) is 4.91. The summed E-state index contributed by atoms with van der Waals surface area (Å²) in [5.41, 5.74) is 2.30. The van der Waals surface area contributed by atoms with Crippen LogP contribution in [0.5, 0.6) is 0 Å². The van der Waals surface area contributed by atoms with Crippen molar-refractivity contribution in [2.75, 3.05) is 0 Å². The maximum absolute atomic E-state index is 4.65. The molecule has 0 amide bonds. The Kier molecular flexibility index (Phi) is 6.26. The number of aromatic nitrogens is 2. The molecule has 1 N–H and O–H groups in total. The third kappa shape index (κ3) is 3.76. The van der Waals surface area contributed by atoms with Crippen LogP contribution in [0.1, 0.15) is 11.4 Å². The predicted molar refractivity (Wildman–Crippen MR) is 112 cm³/mol. The SMILES string of the molecule is Cc1[nH]cnc1C[P+](c1ccccc1)(c1ccccc1)c1ccccc1.[Br-]. The molecule has 0 atom stereocenters. The first-order valence-electron chi connectivity index (χ1n) is 8.84. The first-order chi connectivity index (χ1) is 12.8. The molecule has 0 aliphatic rings. The van der Waals surface area contributed by atoms with E-state index in [0.717, 1.165) is 17.5 Å². The summed E-state index contributed by atoms with van der Waals surface area (Å²) in [7, 11) is -1.85. The fraction of sp³-hybridized carbons (Fsp3) is 0.0870. The summed E-state index contributed by atoms with van der Waals surface area (Å²) in [6, 6.07) is 32.8. The van der Waals surface area contributed by atoms with Crippen LogP contribution in [0.4, 0.5) is 0 Å². The van der Waals surface area contributed by atoms with Gasteiger partial charge in [0.25, 0.3) is 0 Å². The van der Waals surface area contributed by atoms with E-state index in [-0.39, 0.29) is 17.0 Å². The number of aromatic amines is 1. The average molecular weight is 437 g/mol. The number of halogens is 1. The molecular formula is C23H22BrN2P. The minimum absolute atomic E-state index is 0. The predicted octanol–water partition coefficient (Wildman–Crippen LogP) is 1.22. The van der Waals surface area contributed by atoms with Gasteiger partial charge in [0.05, 0.1) is 12.0 Å². The van der Waals surface area contributed by atoms with Crippen LogP contribution in [0, 0.1) is 6.92 Å². The second kappa shape index (κ2) is 8.65. The number of H-pyrrole nitrogens is 1. The minimum Gasteiger partial charge on any atom is -1.00 e. The lowest BCUT2D eigenvalue weighted by Gasteiger charge is -2.27. The number of aryl methyl sites for hydroxylation is 1. The molecule has 1 heterocycles. The molecular weight excluding hydrogens is 415 g/mol. The summed E-state index contributed by atoms with van der Waals surface area (Å²) in [5, 5.41) is 4.17. The summed E-state index contributed by atoms with van der Waals surface area (Å²) in [5.74, 6) is 0. The van der Waals surface area contributed by atoms with Crippen molar-refractivity contribution in [3.05, 3.63) is 109 Å². The standard InChI is InChI=1S/C23H22N2P.BrH/c1-19-23(25-18-24-19)17-26(20-11-5-2-6-12-20,21-13-7-3-8-14-21)22-15-9-4-10-16-22;/h2-16,18H,17H2,1H3,(H,24,25);1H/q+1;/p-1. The molecule has 0 aliphatic carbocycles. The normalized spacial score (nSPS) is 11.0. The van der Waals surface area contributed by atoms with Gasteiger partial charge in [-0.2, -0.15) is 0 Å². The second-order valence-corrected chi connectivity index (χ2v) is 9.93. The first-order valence-corrected chi connectivity index (χ1v) is 10.8. The number of nitrogens with zero attached hydrogens (tertiary/aromatic N) is 1. The molecule has 1 aromatic heterocycles. The van der Waals surface area contributed by atoms with Gasteiger partial charge in [0.2, 0.25) is 0 Å². The van der Waals surface area contributed by atoms with E-state index in [4.69, 9.17) is 0 Å². The van der Waals surface area contributed by atoms with Crippen LogP contribution in [0.15, 0.2) is 97.3 Å². The van der Waals surface area contributed by atoms with E-state index >= 15 is 0 Å². The lowest BCUT2D eigenvalue weighted by Crippen LogP contribution is -3.00. The molecule has 0 bridgehead atoms. The number of nitrogens with one attached hydrogen (secondary N) is 1. The highest BCUT2D eigenvalue weighted by Crippen LogP contribution is 2.58. The fourth-order valence-corrected chi connectivity index (χ4v) is 7.79. The molecule has 0 aliphatic heterocycles. The van der Waals surface area contributed by atoms with Gasteiger partial charge in [0.15, 0.2) is 0 Å². The number of imidazole rings is 1. The Labute approximate surface area is 171 Å². The van der Waals surface area contributed by atoms with Crippen LogP contribution in [0.2, 0.25) is 0 Å². The minimum atomic E-state index is -1.85. The lowest BCUT2D eigenvalue weighted by atomic mass is 10.3. The van der Waals surface area contributed by atoms with Gasteiger partial charge in [-0.3, -0.25) is 0 Å². The lowest BCUT2D eigenvalue weighted by molar-refractivity contribution is -0.00000530. The smallest absolute Gasteiger partial charge is 0.118 e. The molecule has 4 aromatic rings. The van der Waals surface area contributed by atoms with Gasteiger partial charge in [-0.25, -0.2) is 4.98 Å². The average Bonchev–Trinajstić information content (AvgIpc) is 3.12. The highest BCUT2D eigenvalue weighted by molar-refractivity contribution is 7.95. The van der Waals surface area contributed by atoms with Crippen molar-refractivity contribution < 1.29 is 17.0 Å². The maximum atomic E-state index is 4.65. The molecule has 0 radical (unpaired) electrons. The van der Waals surface area contributed by atoms with Gasteiger partial charge in [-0.05, 0) is 43.3 Å². The summed E-state index contributed by atoms with van der Waals surface area (Å²) in [4.78, 5) is 7.90. The Bertz CT molecular complexity index is 872. The molecule has 0 fully saturated rings. The van der Waals surface area contributed by atoms with Gasteiger partial charge in [0, 0.05) is 5.69 Å². The van der Waals surface area contributed by atoms with Crippen molar-refractivity contribution in [3.8, 4) is 0 Å². The largest absolute Gasteiger partial charge is 1.00 e.